The van der Waals surface area contributed by atoms with Gasteiger partial charge in [0.2, 0.25) is 0 Å². The molecule has 0 saturated heterocycles. The van der Waals surface area contributed by atoms with Gasteiger partial charge in [0.25, 0.3) is 0 Å². The third-order valence-corrected chi connectivity index (χ3v) is 6.12. The number of carbonyl (C=O) groups is 1. The van der Waals surface area contributed by atoms with E-state index in [-0.39, 0.29) is 11.5 Å². The van der Waals surface area contributed by atoms with Crippen molar-refractivity contribution < 1.29 is 9.53 Å². The standard InChI is InChI=1S/C19H24N2O2S2/c1-13-19(2,3)20-18(25-13)24-12-14-9-7-8-10-15(14)16(11-21(4)5)17(22)23-6/h7-11H,1,12H2,2-6H3. The zero-order valence-corrected chi connectivity index (χ0v) is 17.0. The summed E-state index contributed by atoms with van der Waals surface area (Å²) in [5.41, 5.74) is 2.30. The summed E-state index contributed by atoms with van der Waals surface area (Å²) in [5.74, 6) is 0.390. The Hall–Kier alpha value is -1.66. The molecule has 0 N–H and O–H groups in total. The molecule has 1 aromatic carbocycles. The van der Waals surface area contributed by atoms with E-state index in [9.17, 15) is 4.79 Å². The van der Waals surface area contributed by atoms with Gasteiger partial charge in [0, 0.05) is 31.0 Å². The molecule has 0 bridgehead atoms. The third kappa shape index (κ3) is 4.92. The average molecular weight is 377 g/mol. The number of ether oxygens (including phenoxy) is 1. The fourth-order valence-corrected chi connectivity index (χ4v) is 4.57. The van der Waals surface area contributed by atoms with E-state index in [2.05, 4.69) is 20.4 Å². The largest absolute Gasteiger partial charge is 0.465 e. The molecule has 0 aromatic heterocycles. The molecule has 0 amide bonds. The molecule has 0 radical (unpaired) electrons. The van der Waals surface area contributed by atoms with Crippen LogP contribution in [0, 0.1) is 0 Å². The van der Waals surface area contributed by atoms with Gasteiger partial charge < -0.3 is 9.64 Å². The Morgan fingerprint density at radius 2 is 2.08 bits per heavy atom. The summed E-state index contributed by atoms with van der Waals surface area (Å²) in [4.78, 5) is 19.9. The molecule has 4 nitrogen and oxygen atoms in total. The summed E-state index contributed by atoms with van der Waals surface area (Å²) in [6, 6.07) is 7.91. The van der Waals surface area contributed by atoms with Gasteiger partial charge in [0.1, 0.15) is 4.38 Å². The van der Waals surface area contributed by atoms with Gasteiger partial charge in [0.05, 0.1) is 18.2 Å². The van der Waals surface area contributed by atoms with E-state index >= 15 is 0 Å². The van der Waals surface area contributed by atoms with Crippen molar-refractivity contribution in [3.8, 4) is 0 Å². The number of methoxy groups -OCH3 is 1. The maximum absolute atomic E-state index is 12.2. The zero-order chi connectivity index (χ0) is 18.6. The summed E-state index contributed by atoms with van der Waals surface area (Å²) in [7, 11) is 5.18. The van der Waals surface area contributed by atoms with Crippen LogP contribution in [0.4, 0.5) is 0 Å². The molecule has 0 saturated carbocycles. The Morgan fingerprint density at radius 3 is 2.64 bits per heavy atom. The summed E-state index contributed by atoms with van der Waals surface area (Å²) in [6.45, 7) is 8.22. The van der Waals surface area contributed by atoms with Crippen molar-refractivity contribution in [3.05, 3.63) is 53.1 Å². The lowest BCUT2D eigenvalue weighted by Gasteiger charge is -2.14. The molecule has 0 atom stereocenters. The van der Waals surface area contributed by atoms with Crippen LogP contribution in [0.25, 0.3) is 5.57 Å². The van der Waals surface area contributed by atoms with Gasteiger partial charge in [0.15, 0.2) is 0 Å². The van der Waals surface area contributed by atoms with Crippen molar-refractivity contribution in [2.75, 3.05) is 21.2 Å². The molecular formula is C19H24N2O2S2. The molecule has 0 spiro atoms. The van der Waals surface area contributed by atoms with Gasteiger partial charge in [-0.2, -0.15) is 0 Å². The van der Waals surface area contributed by atoms with Gasteiger partial charge in [-0.1, -0.05) is 54.4 Å². The Morgan fingerprint density at radius 1 is 1.40 bits per heavy atom. The van der Waals surface area contributed by atoms with Gasteiger partial charge in [-0.05, 0) is 25.0 Å². The first-order valence-corrected chi connectivity index (χ1v) is 9.69. The van der Waals surface area contributed by atoms with Crippen molar-refractivity contribution in [1.82, 2.24) is 4.90 Å². The number of hydrogen-bond acceptors (Lipinski definition) is 6. The second-order valence-corrected chi connectivity index (χ2v) is 8.71. The van der Waals surface area contributed by atoms with E-state index in [1.54, 1.807) is 29.7 Å². The summed E-state index contributed by atoms with van der Waals surface area (Å²) >= 11 is 3.30. The molecule has 25 heavy (non-hydrogen) atoms. The quantitative estimate of drug-likeness (QED) is 0.563. The van der Waals surface area contributed by atoms with E-state index < -0.39 is 0 Å². The highest BCUT2D eigenvalue weighted by atomic mass is 32.2. The fourth-order valence-electron chi connectivity index (χ4n) is 2.25. The topological polar surface area (TPSA) is 41.9 Å². The third-order valence-electron chi connectivity index (χ3n) is 3.71. The number of rotatable bonds is 5. The molecule has 0 unspecified atom stereocenters. The molecular weight excluding hydrogens is 352 g/mol. The highest BCUT2D eigenvalue weighted by Gasteiger charge is 2.30. The number of esters is 1. The van der Waals surface area contributed by atoms with Crippen molar-refractivity contribution in [2.45, 2.75) is 25.1 Å². The molecule has 1 aliphatic heterocycles. The van der Waals surface area contributed by atoms with Crippen LogP contribution < -0.4 is 0 Å². The van der Waals surface area contributed by atoms with E-state index in [4.69, 9.17) is 9.73 Å². The molecule has 1 heterocycles. The molecule has 0 fully saturated rings. The number of benzene rings is 1. The van der Waals surface area contributed by atoms with Gasteiger partial charge in [-0.15, -0.1) is 0 Å². The first kappa shape index (κ1) is 19.7. The van der Waals surface area contributed by atoms with E-state index in [1.165, 1.54) is 7.11 Å². The van der Waals surface area contributed by atoms with E-state index in [0.29, 0.717) is 5.57 Å². The molecule has 1 aromatic rings. The zero-order valence-electron chi connectivity index (χ0n) is 15.3. The Balaban J connectivity index is 2.26. The lowest BCUT2D eigenvalue weighted by Crippen LogP contribution is -2.12. The molecule has 6 heteroatoms. The van der Waals surface area contributed by atoms with Gasteiger partial charge >= 0.3 is 5.97 Å². The highest BCUT2D eigenvalue weighted by molar-refractivity contribution is 8.40. The predicted molar refractivity (Wildman–Crippen MR) is 110 cm³/mol. The summed E-state index contributed by atoms with van der Waals surface area (Å²) < 4.78 is 5.98. The normalized spacial score (nSPS) is 16.6. The van der Waals surface area contributed by atoms with Crippen LogP contribution in [0.1, 0.15) is 25.0 Å². The van der Waals surface area contributed by atoms with E-state index in [0.717, 1.165) is 26.2 Å². The van der Waals surface area contributed by atoms with Crippen molar-refractivity contribution >= 4 is 39.4 Å². The van der Waals surface area contributed by atoms with Crippen LogP contribution in [-0.4, -0.2) is 42.0 Å². The molecule has 0 aliphatic carbocycles. The predicted octanol–water partition coefficient (Wildman–Crippen LogP) is 4.39. The number of carbonyl (C=O) groups excluding carboxylic acids is 1. The average Bonchev–Trinajstić information content (AvgIpc) is 2.82. The van der Waals surface area contributed by atoms with Crippen molar-refractivity contribution in [3.63, 3.8) is 0 Å². The second-order valence-electron chi connectivity index (χ2n) is 6.41. The summed E-state index contributed by atoms with van der Waals surface area (Å²) in [5, 5.41) is 0. The smallest absolute Gasteiger partial charge is 0.339 e. The monoisotopic (exact) mass is 376 g/mol. The number of thioether (sulfide) groups is 2. The van der Waals surface area contributed by atoms with Crippen LogP contribution >= 0.6 is 23.5 Å². The van der Waals surface area contributed by atoms with Crippen molar-refractivity contribution in [1.29, 1.82) is 0 Å². The van der Waals surface area contributed by atoms with Gasteiger partial charge in [-0.25, -0.2) is 4.79 Å². The SMILES string of the molecule is C=C1SC(SCc2ccccc2C(=CN(C)C)C(=O)OC)=NC1(C)C. The Bertz CT molecular complexity index is 737. The molecule has 134 valence electrons. The van der Waals surface area contributed by atoms with Crippen LogP contribution in [0.5, 0.6) is 0 Å². The van der Waals surface area contributed by atoms with Gasteiger partial charge in [-0.3, -0.25) is 4.99 Å². The minimum absolute atomic E-state index is 0.214. The Kier molecular flexibility index (Phi) is 6.41. The number of aliphatic imine (C=N–C) groups is 1. The Labute approximate surface area is 158 Å². The van der Waals surface area contributed by atoms with Crippen LogP contribution in [-0.2, 0) is 15.3 Å². The van der Waals surface area contributed by atoms with E-state index in [1.807, 2.05) is 43.3 Å². The fraction of sp³-hybridized carbons (Fsp3) is 0.368. The lowest BCUT2D eigenvalue weighted by atomic mass is 10.0. The van der Waals surface area contributed by atoms with Crippen molar-refractivity contribution in [2.24, 2.45) is 4.99 Å². The van der Waals surface area contributed by atoms with Crippen LogP contribution in [0.15, 0.2) is 46.9 Å². The first-order valence-electron chi connectivity index (χ1n) is 7.89. The maximum atomic E-state index is 12.2. The minimum Gasteiger partial charge on any atom is -0.465 e. The summed E-state index contributed by atoms with van der Waals surface area (Å²) in [6.07, 6.45) is 1.79. The molecule has 1 aliphatic rings. The molecule has 2 rings (SSSR count). The maximum Gasteiger partial charge on any atom is 0.339 e. The highest BCUT2D eigenvalue weighted by Crippen LogP contribution is 2.42. The minimum atomic E-state index is -0.340. The first-order chi connectivity index (χ1) is 11.7. The van der Waals surface area contributed by atoms with Crippen LogP contribution in [0.2, 0.25) is 0 Å². The second kappa shape index (κ2) is 8.15. The number of nitrogens with zero attached hydrogens (tertiary/aromatic N) is 2. The van der Waals surface area contributed by atoms with Crippen LogP contribution in [0.3, 0.4) is 0 Å². The number of hydrogen-bond donors (Lipinski definition) is 0. The lowest BCUT2D eigenvalue weighted by molar-refractivity contribution is -0.133.